The minimum atomic E-state index is -4.64. The summed E-state index contributed by atoms with van der Waals surface area (Å²) in [4.78, 5) is 27.5. The molecule has 0 radical (unpaired) electrons. The Balaban J connectivity index is 2.22. The number of nitrogens with one attached hydrogen (secondary N) is 1. The predicted molar refractivity (Wildman–Crippen MR) is 142 cm³/mol. The SMILES string of the molecule is CC[C@@H](C)NC(=O)[C@H](C)N(Cc1cccc(Cl)c1)C(=O)CCCN(c1cccc(C(F)(F)F)c1)S(C)(=O)=O. The van der Waals surface area contributed by atoms with E-state index in [1.165, 1.54) is 11.0 Å². The highest BCUT2D eigenvalue weighted by Crippen LogP contribution is 2.32. The number of carbonyl (C=O) groups is 2. The lowest BCUT2D eigenvalue weighted by atomic mass is 10.1. The Morgan fingerprint density at radius 1 is 1.08 bits per heavy atom. The Hall–Kier alpha value is -2.79. The molecule has 0 bridgehead atoms. The second-order valence-electron chi connectivity index (χ2n) is 9.13. The van der Waals surface area contributed by atoms with Crippen LogP contribution in [0.3, 0.4) is 0 Å². The summed E-state index contributed by atoms with van der Waals surface area (Å²) in [5.74, 6) is -0.745. The number of anilines is 1. The number of alkyl halides is 3. The van der Waals surface area contributed by atoms with Gasteiger partial charge >= 0.3 is 6.18 Å². The second kappa shape index (κ2) is 13.3. The maximum Gasteiger partial charge on any atom is 0.416 e. The maximum absolute atomic E-state index is 13.3. The van der Waals surface area contributed by atoms with E-state index < -0.39 is 33.7 Å². The maximum atomic E-state index is 13.3. The highest BCUT2D eigenvalue weighted by atomic mass is 35.5. The molecule has 1 N–H and O–H groups in total. The van der Waals surface area contributed by atoms with Crippen molar-refractivity contribution in [1.29, 1.82) is 0 Å². The van der Waals surface area contributed by atoms with Gasteiger partial charge in [-0.25, -0.2) is 8.42 Å². The molecule has 2 rings (SSSR count). The Morgan fingerprint density at radius 2 is 1.74 bits per heavy atom. The summed E-state index contributed by atoms with van der Waals surface area (Å²) in [7, 11) is -3.94. The van der Waals surface area contributed by atoms with Gasteiger partial charge in [0.1, 0.15) is 6.04 Å². The van der Waals surface area contributed by atoms with Crippen LogP contribution in [0.5, 0.6) is 0 Å². The standard InChI is InChI=1S/C26H33ClF3N3O4S/c1-5-18(2)31-25(35)19(3)32(17-20-9-6-11-22(27)15-20)24(34)13-8-14-33(38(4,36)37)23-12-7-10-21(16-23)26(28,29)30/h6-7,9-12,15-16,18-19H,5,8,13-14,17H2,1-4H3,(H,31,35)/t18-,19+/m1/s1. The molecule has 2 amide bonds. The van der Waals surface area contributed by atoms with Crippen LogP contribution in [-0.4, -0.2) is 50.0 Å². The lowest BCUT2D eigenvalue weighted by Gasteiger charge is -2.30. The first-order valence-corrected chi connectivity index (χ1v) is 14.3. The molecule has 12 heteroatoms. The number of halogens is 4. The third-order valence-electron chi connectivity index (χ3n) is 6.02. The summed E-state index contributed by atoms with van der Waals surface area (Å²) in [6, 6.07) is 9.95. The summed E-state index contributed by atoms with van der Waals surface area (Å²) in [5, 5.41) is 3.33. The molecule has 2 aromatic carbocycles. The number of benzene rings is 2. The lowest BCUT2D eigenvalue weighted by molar-refractivity contribution is -0.140. The molecular formula is C26H33ClF3N3O4S. The molecule has 0 aliphatic rings. The van der Waals surface area contributed by atoms with Crippen LogP contribution in [0.15, 0.2) is 48.5 Å². The summed E-state index contributed by atoms with van der Waals surface area (Å²) in [6.07, 6.45) is -3.15. The molecule has 0 aliphatic heterocycles. The van der Waals surface area contributed by atoms with Crippen molar-refractivity contribution >= 4 is 39.1 Å². The third-order valence-corrected chi connectivity index (χ3v) is 7.45. The van der Waals surface area contributed by atoms with Gasteiger partial charge in [-0.2, -0.15) is 13.2 Å². The van der Waals surface area contributed by atoms with Crippen LogP contribution >= 0.6 is 11.6 Å². The van der Waals surface area contributed by atoms with Crippen molar-refractivity contribution in [3.8, 4) is 0 Å². The summed E-state index contributed by atoms with van der Waals surface area (Å²) < 4.78 is 65.1. The van der Waals surface area contributed by atoms with E-state index in [0.29, 0.717) is 17.0 Å². The number of amides is 2. The molecule has 0 unspecified atom stereocenters. The summed E-state index contributed by atoms with van der Waals surface area (Å²) in [6.45, 7) is 5.25. The number of carbonyl (C=O) groups excluding carboxylic acids is 2. The molecule has 0 spiro atoms. The topological polar surface area (TPSA) is 86.8 Å². The molecule has 0 aliphatic carbocycles. The molecule has 0 saturated carbocycles. The Bertz CT molecular complexity index is 1220. The molecular weight excluding hydrogens is 543 g/mol. The molecule has 0 fully saturated rings. The van der Waals surface area contributed by atoms with Gasteiger partial charge in [0.05, 0.1) is 17.5 Å². The van der Waals surface area contributed by atoms with Crippen molar-refractivity contribution in [2.75, 3.05) is 17.1 Å². The average Bonchev–Trinajstić information content (AvgIpc) is 2.83. The van der Waals surface area contributed by atoms with E-state index in [2.05, 4.69) is 5.32 Å². The minimum absolute atomic E-state index is 0.0217. The van der Waals surface area contributed by atoms with Crippen LogP contribution < -0.4 is 9.62 Å². The number of sulfonamides is 1. The van der Waals surface area contributed by atoms with Crippen LogP contribution in [-0.2, 0) is 32.3 Å². The number of hydrogen-bond acceptors (Lipinski definition) is 4. The fourth-order valence-electron chi connectivity index (χ4n) is 3.72. The first-order valence-electron chi connectivity index (χ1n) is 12.1. The third kappa shape index (κ3) is 9.20. The molecule has 0 heterocycles. The number of nitrogens with zero attached hydrogens (tertiary/aromatic N) is 2. The quantitative estimate of drug-likeness (QED) is 0.375. The van der Waals surface area contributed by atoms with Gasteiger partial charge in [-0.3, -0.25) is 13.9 Å². The van der Waals surface area contributed by atoms with Crippen molar-refractivity contribution in [3.05, 3.63) is 64.7 Å². The van der Waals surface area contributed by atoms with Gasteiger partial charge < -0.3 is 10.2 Å². The van der Waals surface area contributed by atoms with E-state index >= 15 is 0 Å². The Morgan fingerprint density at radius 3 is 2.32 bits per heavy atom. The first kappa shape index (κ1) is 31.4. The van der Waals surface area contributed by atoms with Gasteiger partial charge in [-0.15, -0.1) is 0 Å². The number of hydrogen-bond donors (Lipinski definition) is 1. The normalized spacial score (nSPS) is 13.5. The molecule has 2 aromatic rings. The fourth-order valence-corrected chi connectivity index (χ4v) is 4.89. The molecule has 210 valence electrons. The molecule has 7 nitrogen and oxygen atoms in total. The van der Waals surface area contributed by atoms with E-state index in [9.17, 15) is 31.2 Å². The smallest absolute Gasteiger partial charge is 0.352 e. The molecule has 0 saturated heterocycles. The largest absolute Gasteiger partial charge is 0.416 e. The predicted octanol–water partition coefficient (Wildman–Crippen LogP) is 5.24. The zero-order chi connectivity index (χ0) is 28.7. The van der Waals surface area contributed by atoms with Crippen LogP contribution in [0, 0.1) is 0 Å². The van der Waals surface area contributed by atoms with Gasteiger partial charge in [0, 0.05) is 30.6 Å². The van der Waals surface area contributed by atoms with Gasteiger partial charge in [0.2, 0.25) is 21.8 Å². The summed E-state index contributed by atoms with van der Waals surface area (Å²) >= 11 is 6.08. The van der Waals surface area contributed by atoms with Gasteiger partial charge in [-0.1, -0.05) is 36.7 Å². The molecule has 38 heavy (non-hydrogen) atoms. The van der Waals surface area contributed by atoms with Crippen LogP contribution in [0.4, 0.5) is 18.9 Å². The van der Waals surface area contributed by atoms with Crippen LogP contribution in [0.25, 0.3) is 0 Å². The van der Waals surface area contributed by atoms with Crippen molar-refractivity contribution in [2.24, 2.45) is 0 Å². The Labute approximate surface area is 227 Å². The molecule has 2 atom stereocenters. The zero-order valence-electron chi connectivity index (χ0n) is 21.8. The van der Waals surface area contributed by atoms with Crippen molar-refractivity contribution in [3.63, 3.8) is 0 Å². The highest BCUT2D eigenvalue weighted by molar-refractivity contribution is 7.92. The van der Waals surface area contributed by atoms with Gasteiger partial charge in [-0.05, 0) is 62.6 Å². The second-order valence-corrected chi connectivity index (χ2v) is 11.5. The molecule has 0 aromatic heterocycles. The van der Waals surface area contributed by atoms with E-state index in [1.54, 1.807) is 31.2 Å². The van der Waals surface area contributed by atoms with Crippen molar-refractivity contribution < 1.29 is 31.2 Å². The van der Waals surface area contributed by atoms with Gasteiger partial charge in [0.15, 0.2) is 0 Å². The monoisotopic (exact) mass is 575 g/mol. The van der Waals surface area contributed by atoms with E-state index in [1.807, 2.05) is 13.8 Å². The lowest BCUT2D eigenvalue weighted by Crippen LogP contribution is -2.49. The highest BCUT2D eigenvalue weighted by Gasteiger charge is 2.32. The fraction of sp³-hybridized carbons (Fsp3) is 0.462. The minimum Gasteiger partial charge on any atom is -0.352 e. The zero-order valence-corrected chi connectivity index (χ0v) is 23.3. The average molecular weight is 576 g/mol. The van der Waals surface area contributed by atoms with E-state index in [0.717, 1.165) is 28.8 Å². The van der Waals surface area contributed by atoms with Crippen LogP contribution in [0.1, 0.15) is 51.2 Å². The van der Waals surface area contributed by atoms with E-state index in [4.69, 9.17) is 11.6 Å². The van der Waals surface area contributed by atoms with Crippen molar-refractivity contribution in [2.45, 2.75) is 64.8 Å². The first-order chi connectivity index (χ1) is 17.6. The Kier molecular flexibility index (Phi) is 11.0. The van der Waals surface area contributed by atoms with Gasteiger partial charge in [0.25, 0.3) is 0 Å². The van der Waals surface area contributed by atoms with E-state index in [-0.39, 0.29) is 43.6 Å². The van der Waals surface area contributed by atoms with Crippen molar-refractivity contribution in [1.82, 2.24) is 10.2 Å². The number of rotatable bonds is 12. The van der Waals surface area contributed by atoms with Crippen LogP contribution in [0.2, 0.25) is 5.02 Å². The summed E-state index contributed by atoms with van der Waals surface area (Å²) in [5.41, 5.74) is -0.420.